The number of hydrogen-bond donors (Lipinski definition) is 1. The topological polar surface area (TPSA) is 15.3 Å². The zero-order chi connectivity index (χ0) is 13.9. The van der Waals surface area contributed by atoms with Crippen LogP contribution in [0.25, 0.3) is 0 Å². The van der Waals surface area contributed by atoms with E-state index in [0.29, 0.717) is 4.47 Å². The van der Waals surface area contributed by atoms with Crippen LogP contribution in [0.2, 0.25) is 0 Å². The molecule has 0 amide bonds. The minimum absolute atomic E-state index is 0.160. The molecule has 2 nitrogen and oxygen atoms in total. The van der Waals surface area contributed by atoms with Crippen molar-refractivity contribution in [1.29, 1.82) is 0 Å². The Labute approximate surface area is 128 Å². The molecule has 20 heavy (non-hydrogen) atoms. The monoisotopic (exact) mass is 340 g/mol. The molecule has 0 aromatic heterocycles. The average Bonchev–Trinajstić information content (AvgIpc) is 2.98. The number of likely N-dealkylation sites (tertiary alicyclic amines) is 1. The van der Waals surface area contributed by atoms with Crippen molar-refractivity contribution in [1.82, 2.24) is 10.2 Å². The Morgan fingerprint density at radius 1 is 1.25 bits per heavy atom. The number of piperidine rings is 1. The third-order valence-corrected chi connectivity index (χ3v) is 5.33. The zero-order valence-corrected chi connectivity index (χ0v) is 13.3. The molecule has 1 aromatic rings. The van der Waals surface area contributed by atoms with Gasteiger partial charge in [0.15, 0.2) is 0 Å². The molecule has 4 heteroatoms. The molecule has 2 aliphatic heterocycles. The summed E-state index contributed by atoms with van der Waals surface area (Å²) in [4.78, 5) is 2.45. The number of nitrogens with zero attached hydrogens (tertiary/aromatic N) is 1. The van der Waals surface area contributed by atoms with E-state index in [0.717, 1.165) is 37.2 Å². The SMILES string of the molecule is Fc1cc(CN2CCC(C3CCCN3)CC2)ccc1Br. The number of halogens is 2. The molecule has 2 fully saturated rings. The maximum Gasteiger partial charge on any atom is 0.137 e. The first kappa shape index (κ1) is 14.5. The predicted molar refractivity (Wildman–Crippen MR) is 83.1 cm³/mol. The van der Waals surface area contributed by atoms with Crippen LogP contribution in [0.5, 0.6) is 0 Å². The van der Waals surface area contributed by atoms with Gasteiger partial charge in [-0.15, -0.1) is 0 Å². The van der Waals surface area contributed by atoms with Gasteiger partial charge in [-0.3, -0.25) is 4.90 Å². The molecule has 1 atom stereocenters. The smallest absolute Gasteiger partial charge is 0.137 e. The fourth-order valence-electron chi connectivity index (χ4n) is 3.52. The van der Waals surface area contributed by atoms with Gasteiger partial charge in [-0.05, 0) is 84.9 Å². The van der Waals surface area contributed by atoms with Gasteiger partial charge in [-0.2, -0.15) is 0 Å². The Balaban J connectivity index is 1.51. The van der Waals surface area contributed by atoms with Crippen LogP contribution in [0.4, 0.5) is 4.39 Å². The highest BCUT2D eigenvalue weighted by atomic mass is 79.9. The van der Waals surface area contributed by atoms with Crippen LogP contribution >= 0.6 is 15.9 Å². The normalized spacial score (nSPS) is 25.2. The lowest BCUT2D eigenvalue weighted by molar-refractivity contribution is 0.157. The summed E-state index contributed by atoms with van der Waals surface area (Å²) in [6.45, 7) is 4.35. The second-order valence-electron chi connectivity index (χ2n) is 6.06. The van der Waals surface area contributed by atoms with Crippen molar-refractivity contribution in [3.05, 3.63) is 34.1 Å². The molecule has 0 saturated carbocycles. The lowest BCUT2D eigenvalue weighted by Crippen LogP contribution is -2.40. The minimum atomic E-state index is -0.160. The Morgan fingerprint density at radius 3 is 2.70 bits per heavy atom. The first-order chi connectivity index (χ1) is 9.72. The van der Waals surface area contributed by atoms with Crippen molar-refractivity contribution in [2.75, 3.05) is 19.6 Å². The van der Waals surface area contributed by atoms with Gasteiger partial charge >= 0.3 is 0 Å². The number of nitrogens with one attached hydrogen (secondary N) is 1. The van der Waals surface area contributed by atoms with Crippen molar-refractivity contribution in [3.8, 4) is 0 Å². The Morgan fingerprint density at radius 2 is 2.05 bits per heavy atom. The first-order valence-corrected chi connectivity index (χ1v) is 8.41. The van der Waals surface area contributed by atoms with Crippen molar-refractivity contribution in [3.63, 3.8) is 0 Å². The summed E-state index contributed by atoms with van der Waals surface area (Å²) in [6.07, 6.45) is 5.24. The van der Waals surface area contributed by atoms with Crippen molar-refractivity contribution in [2.45, 2.75) is 38.3 Å². The van der Waals surface area contributed by atoms with Gasteiger partial charge in [-0.1, -0.05) is 6.07 Å². The van der Waals surface area contributed by atoms with Crippen LogP contribution in [0.1, 0.15) is 31.2 Å². The molecule has 0 bridgehead atoms. The lowest BCUT2D eigenvalue weighted by Gasteiger charge is -2.34. The standard InChI is InChI=1S/C16H22BrFN2/c17-14-4-3-12(10-15(14)18)11-20-8-5-13(6-9-20)16-2-1-7-19-16/h3-4,10,13,16,19H,1-2,5-9,11H2. The quantitative estimate of drug-likeness (QED) is 0.905. The molecule has 110 valence electrons. The van der Waals surface area contributed by atoms with Crippen LogP contribution in [0.3, 0.4) is 0 Å². The van der Waals surface area contributed by atoms with Crippen LogP contribution < -0.4 is 5.32 Å². The molecule has 1 aromatic carbocycles. The molecular formula is C16H22BrFN2. The van der Waals surface area contributed by atoms with Gasteiger partial charge in [0, 0.05) is 12.6 Å². The third kappa shape index (κ3) is 3.41. The van der Waals surface area contributed by atoms with Crippen LogP contribution in [-0.2, 0) is 6.54 Å². The summed E-state index contributed by atoms with van der Waals surface area (Å²) in [5.74, 6) is 0.683. The molecule has 0 aliphatic carbocycles. The van der Waals surface area contributed by atoms with Crippen LogP contribution in [-0.4, -0.2) is 30.6 Å². The highest BCUT2D eigenvalue weighted by Gasteiger charge is 2.28. The van der Waals surface area contributed by atoms with Crippen molar-refractivity contribution < 1.29 is 4.39 Å². The highest BCUT2D eigenvalue weighted by molar-refractivity contribution is 9.10. The summed E-state index contributed by atoms with van der Waals surface area (Å²) in [5, 5.41) is 3.63. The fraction of sp³-hybridized carbons (Fsp3) is 0.625. The first-order valence-electron chi connectivity index (χ1n) is 7.62. The molecule has 2 aliphatic rings. The highest BCUT2D eigenvalue weighted by Crippen LogP contribution is 2.26. The van der Waals surface area contributed by atoms with E-state index in [1.807, 2.05) is 6.07 Å². The van der Waals surface area contributed by atoms with E-state index in [-0.39, 0.29) is 5.82 Å². The van der Waals surface area contributed by atoms with Crippen LogP contribution in [0.15, 0.2) is 22.7 Å². The molecule has 1 unspecified atom stereocenters. The number of hydrogen-bond acceptors (Lipinski definition) is 2. The van der Waals surface area contributed by atoms with Crippen molar-refractivity contribution >= 4 is 15.9 Å². The summed E-state index contributed by atoms with van der Waals surface area (Å²) in [5.41, 5.74) is 1.07. The molecule has 3 rings (SSSR count). The lowest BCUT2D eigenvalue weighted by atomic mass is 9.88. The molecule has 0 radical (unpaired) electrons. The summed E-state index contributed by atoms with van der Waals surface area (Å²) in [6, 6.07) is 6.22. The Kier molecular flexibility index (Phi) is 4.74. The number of benzene rings is 1. The van der Waals surface area contributed by atoms with Gasteiger partial charge in [0.25, 0.3) is 0 Å². The maximum atomic E-state index is 13.5. The van der Waals surface area contributed by atoms with Gasteiger partial charge in [0.05, 0.1) is 4.47 Å². The molecule has 2 saturated heterocycles. The summed E-state index contributed by atoms with van der Waals surface area (Å²) >= 11 is 3.20. The summed E-state index contributed by atoms with van der Waals surface area (Å²) < 4.78 is 14.1. The van der Waals surface area contributed by atoms with E-state index in [9.17, 15) is 4.39 Å². The van der Waals surface area contributed by atoms with Crippen molar-refractivity contribution in [2.24, 2.45) is 5.92 Å². The fourth-order valence-corrected chi connectivity index (χ4v) is 3.77. The van der Waals surface area contributed by atoms with Gasteiger partial charge in [0.2, 0.25) is 0 Å². The van der Waals surface area contributed by atoms with E-state index in [1.54, 1.807) is 12.1 Å². The predicted octanol–water partition coefficient (Wildman–Crippen LogP) is 3.55. The Bertz CT molecular complexity index is 452. The van der Waals surface area contributed by atoms with E-state index in [1.165, 1.54) is 32.2 Å². The van der Waals surface area contributed by atoms with Gasteiger partial charge in [0.1, 0.15) is 5.82 Å². The van der Waals surface area contributed by atoms with Crippen LogP contribution in [0, 0.1) is 11.7 Å². The summed E-state index contributed by atoms with van der Waals surface area (Å²) in [7, 11) is 0. The second kappa shape index (κ2) is 6.54. The third-order valence-electron chi connectivity index (χ3n) is 4.69. The van der Waals surface area contributed by atoms with E-state index in [4.69, 9.17) is 0 Å². The largest absolute Gasteiger partial charge is 0.314 e. The van der Waals surface area contributed by atoms with E-state index < -0.39 is 0 Å². The number of rotatable bonds is 3. The average molecular weight is 341 g/mol. The van der Waals surface area contributed by atoms with E-state index >= 15 is 0 Å². The van der Waals surface area contributed by atoms with Gasteiger partial charge < -0.3 is 5.32 Å². The van der Waals surface area contributed by atoms with Gasteiger partial charge in [-0.25, -0.2) is 4.39 Å². The maximum absolute atomic E-state index is 13.5. The molecular weight excluding hydrogens is 319 g/mol. The minimum Gasteiger partial charge on any atom is -0.314 e. The molecule has 0 spiro atoms. The Hall–Kier alpha value is -0.450. The second-order valence-corrected chi connectivity index (χ2v) is 6.92. The zero-order valence-electron chi connectivity index (χ0n) is 11.7. The van der Waals surface area contributed by atoms with E-state index in [2.05, 4.69) is 26.1 Å². The molecule has 1 N–H and O–H groups in total. The molecule has 2 heterocycles.